The number of methoxy groups -OCH3 is 1. The number of aliphatic imine (C=N–C) groups is 1. The number of alkyl halides is 2. The number of ether oxygens (including phenoxy) is 2. The van der Waals surface area contributed by atoms with Crippen LogP contribution in [0.15, 0.2) is 35.3 Å². The SMILES string of the molecule is C=C(C)CN1CCC(NC(=NC)NCc2ccc(OC)cc2OC(F)F)CC1. The summed E-state index contributed by atoms with van der Waals surface area (Å²) in [6.45, 7) is 6.37. The van der Waals surface area contributed by atoms with Gasteiger partial charge in [0.05, 0.1) is 7.11 Å². The third-order valence-corrected chi connectivity index (χ3v) is 4.58. The Kier molecular flexibility index (Phi) is 8.50. The zero-order chi connectivity index (χ0) is 20.5. The molecule has 2 rings (SSSR count). The topological polar surface area (TPSA) is 58.1 Å². The van der Waals surface area contributed by atoms with Gasteiger partial charge in [-0.25, -0.2) is 0 Å². The molecule has 0 spiro atoms. The maximum absolute atomic E-state index is 12.7. The van der Waals surface area contributed by atoms with Crippen LogP contribution in [0.1, 0.15) is 25.3 Å². The highest BCUT2D eigenvalue weighted by Gasteiger charge is 2.20. The lowest BCUT2D eigenvalue weighted by molar-refractivity contribution is -0.0505. The van der Waals surface area contributed by atoms with Crippen molar-refractivity contribution in [1.29, 1.82) is 0 Å². The lowest BCUT2D eigenvalue weighted by Crippen LogP contribution is -2.48. The fraction of sp³-hybridized carbons (Fsp3) is 0.550. The largest absolute Gasteiger partial charge is 0.497 e. The second-order valence-electron chi connectivity index (χ2n) is 6.93. The van der Waals surface area contributed by atoms with Gasteiger partial charge in [-0.05, 0) is 31.9 Å². The zero-order valence-corrected chi connectivity index (χ0v) is 16.8. The van der Waals surface area contributed by atoms with E-state index in [1.54, 1.807) is 19.2 Å². The van der Waals surface area contributed by atoms with Gasteiger partial charge in [0.15, 0.2) is 5.96 Å². The summed E-state index contributed by atoms with van der Waals surface area (Å²) in [6, 6.07) is 5.19. The number of guanidine groups is 1. The first-order valence-electron chi connectivity index (χ1n) is 9.37. The molecule has 1 aromatic rings. The van der Waals surface area contributed by atoms with E-state index in [0.717, 1.165) is 32.5 Å². The maximum Gasteiger partial charge on any atom is 0.387 e. The second kappa shape index (κ2) is 10.8. The Hall–Kier alpha value is -2.35. The summed E-state index contributed by atoms with van der Waals surface area (Å²) < 4.78 is 35.1. The van der Waals surface area contributed by atoms with E-state index in [0.29, 0.717) is 29.9 Å². The Morgan fingerprint density at radius 1 is 1.36 bits per heavy atom. The molecule has 2 N–H and O–H groups in total. The molecule has 0 atom stereocenters. The van der Waals surface area contributed by atoms with Crippen molar-refractivity contribution < 1.29 is 18.3 Å². The minimum absolute atomic E-state index is 0.0883. The molecule has 1 aliphatic rings. The van der Waals surface area contributed by atoms with Gasteiger partial charge < -0.3 is 20.1 Å². The Morgan fingerprint density at radius 3 is 2.64 bits per heavy atom. The maximum atomic E-state index is 12.7. The Balaban J connectivity index is 1.90. The normalized spacial score (nSPS) is 16.1. The van der Waals surface area contributed by atoms with E-state index in [9.17, 15) is 8.78 Å². The predicted octanol–water partition coefficient (Wildman–Crippen LogP) is 3.00. The van der Waals surface area contributed by atoms with E-state index in [1.807, 2.05) is 6.92 Å². The average Bonchev–Trinajstić information content (AvgIpc) is 2.66. The molecule has 6 nitrogen and oxygen atoms in total. The summed E-state index contributed by atoms with van der Waals surface area (Å²) in [6.07, 6.45) is 2.02. The van der Waals surface area contributed by atoms with Crippen LogP contribution in [0.25, 0.3) is 0 Å². The van der Waals surface area contributed by atoms with Gasteiger partial charge in [0.25, 0.3) is 0 Å². The summed E-state index contributed by atoms with van der Waals surface area (Å²) in [5.74, 6) is 1.19. The molecule has 0 bridgehead atoms. The number of halogens is 2. The summed E-state index contributed by atoms with van der Waals surface area (Å²) in [5.41, 5.74) is 1.77. The number of hydrogen-bond acceptors (Lipinski definition) is 4. The van der Waals surface area contributed by atoms with Crippen LogP contribution in [0.2, 0.25) is 0 Å². The van der Waals surface area contributed by atoms with Gasteiger partial charge in [0.1, 0.15) is 11.5 Å². The summed E-state index contributed by atoms with van der Waals surface area (Å²) >= 11 is 0. The molecular weight excluding hydrogens is 366 g/mol. The lowest BCUT2D eigenvalue weighted by Gasteiger charge is -2.33. The Morgan fingerprint density at radius 2 is 2.07 bits per heavy atom. The average molecular weight is 396 g/mol. The van der Waals surface area contributed by atoms with Crippen LogP contribution < -0.4 is 20.1 Å². The van der Waals surface area contributed by atoms with Gasteiger partial charge in [-0.1, -0.05) is 12.2 Å². The van der Waals surface area contributed by atoms with Crippen LogP contribution >= 0.6 is 0 Å². The van der Waals surface area contributed by atoms with Gasteiger partial charge in [-0.2, -0.15) is 8.78 Å². The highest BCUT2D eigenvalue weighted by atomic mass is 19.3. The summed E-state index contributed by atoms with van der Waals surface area (Å²) in [4.78, 5) is 6.63. The molecule has 0 unspecified atom stereocenters. The highest BCUT2D eigenvalue weighted by molar-refractivity contribution is 5.80. The zero-order valence-electron chi connectivity index (χ0n) is 16.8. The summed E-state index contributed by atoms with van der Waals surface area (Å²) in [7, 11) is 3.17. The van der Waals surface area contributed by atoms with Gasteiger partial charge in [-0.3, -0.25) is 9.89 Å². The predicted molar refractivity (Wildman–Crippen MR) is 107 cm³/mol. The van der Waals surface area contributed by atoms with E-state index >= 15 is 0 Å². The second-order valence-corrected chi connectivity index (χ2v) is 6.93. The molecule has 28 heavy (non-hydrogen) atoms. The number of piperidine rings is 1. The van der Waals surface area contributed by atoms with Gasteiger partial charge >= 0.3 is 6.61 Å². The molecule has 0 radical (unpaired) electrons. The number of nitrogens with zero attached hydrogens (tertiary/aromatic N) is 2. The monoisotopic (exact) mass is 396 g/mol. The van der Waals surface area contributed by atoms with Crippen molar-refractivity contribution in [3.05, 3.63) is 35.9 Å². The van der Waals surface area contributed by atoms with Crippen molar-refractivity contribution in [3.63, 3.8) is 0 Å². The fourth-order valence-electron chi connectivity index (χ4n) is 3.20. The number of rotatable bonds is 8. The van der Waals surface area contributed by atoms with Gasteiger partial charge in [-0.15, -0.1) is 0 Å². The van der Waals surface area contributed by atoms with Crippen LogP contribution in [-0.4, -0.2) is 57.3 Å². The Bertz CT molecular complexity index is 674. The van der Waals surface area contributed by atoms with Crippen molar-refractivity contribution in [2.24, 2.45) is 4.99 Å². The van der Waals surface area contributed by atoms with Crippen LogP contribution in [0.3, 0.4) is 0 Å². The van der Waals surface area contributed by atoms with Gasteiger partial charge in [0.2, 0.25) is 0 Å². The summed E-state index contributed by atoms with van der Waals surface area (Å²) in [5, 5.41) is 6.58. The minimum atomic E-state index is -2.90. The first-order chi connectivity index (χ1) is 13.4. The third-order valence-electron chi connectivity index (χ3n) is 4.58. The fourth-order valence-corrected chi connectivity index (χ4v) is 3.20. The molecule has 1 fully saturated rings. The van der Waals surface area contributed by atoms with Crippen molar-refractivity contribution in [2.45, 2.75) is 39.0 Å². The van der Waals surface area contributed by atoms with Crippen molar-refractivity contribution in [3.8, 4) is 11.5 Å². The third kappa shape index (κ3) is 6.99. The molecule has 8 heteroatoms. The van der Waals surface area contributed by atoms with Crippen LogP contribution in [0, 0.1) is 0 Å². The molecule has 1 saturated heterocycles. The lowest BCUT2D eigenvalue weighted by atomic mass is 10.0. The molecular formula is C20H30F2N4O2. The first-order valence-corrected chi connectivity index (χ1v) is 9.37. The van der Waals surface area contributed by atoms with Crippen molar-refractivity contribution in [2.75, 3.05) is 33.8 Å². The van der Waals surface area contributed by atoms with Crippen LogP contribution in [-0.2, 0) is 6.54 Å². The molecule has 0 aliphatic carbocycles. The molecule has 0 saturated carbocycles. The molecule has 0 amide bonds. The highest BCUT2D eigenvalue weighted by Crippen LogP contribution is 2.26. The van der Waals surface area contributed by atoms with Crippen LogP contribution in [0.4, 0.5) is 8.78 Å². The Labute approximate surface area is 165 Å². The first kappa shape index (κ1) is 21.9. The number of hydrogen-bond donors (Lipinski definition) is 2. The molecule has 0 aromatic heterocycles. The smallest absolute Gasteiger partial charge is 0.387 e. The standard InChI is InChI=1S/C20H30F2N4O2/c1-14(2)13-26-9-7-16(8-10-26)25-20(23-3)24-12-15-5-6-17(27-4)11-18(15)28-19(21)22/h5-6,11,16,19H,1,7-10,12-13H2,2-4H3,(H2,23,24,25). The molecule has 1 heterocycles. The van der Waals surface area contributed by atoms with E-state index in [-0.39, 0.29) is 5.75 Å². The van der Waals surface area contributed by atoms with Gasteiger partial charge in [0, 0.05) is 50.9 Å². The van der Waals surface area contributed by atoms with Crippen LogP contribution in [0.5, 0.6) is 11.5 Å². The van der Waals surface area contributed by atoms with Crippen molar-refractivity contribution in [1.82, 2.24) is 15.5 Å². The number of nitrogens with one attached hydrogen (secondary N) is 2. The van der Waals surface area contributed by atoms with E-state index in [1.165, 1.54) is 18.7 Å². The molecule has 156 valence electrons. The molecule has 1 aromatic carbocycles. The van der Waals surface area contributed by atoms with E-state index < -0.39 is 6.61 Å². The van der Waals surface area contributed by atoms with E-state index in [2.05, 4.69) is 31.8 Å². The quantitative estimate of drug-likeness (QED) is 0.402. The van der Waals surface area contributed by atoms with E-state index in [4.69, 9.17) is 4.74 Å². The minimum Gasteiger partial charge on any atom is -0.497 e. The number of likely N-dealkylation sites (tertiary alicyclic amines) is 1. The number of benzene rings is 1. The van der Waals surface area contributed by atoms with Crippen molar-refractivity contribution >= 4 is 5.96 Å². The molecule has 1 aliphatic heterocycles.